The molecule has 2 rings (SSSR count). The summed E-state index contributed by atoms with van der Waals surface area (Å²) in [5, 5.41) is 18.2. The third kappa shape index (κ3) is 2.85. The first-order valence-electron chi connectivity index (χ1n) is 7.39. The lowest BCUT2D eigenvalue weighted by Crippen LogP contribution is -2.54. The number of hydrogen-bond acceptors (Lipinski definition) is 5. The van der Waals surface area contributed by atoms with Crippen LogP contribution < -0.4 is 4.90 Å². The van der Waals surface area contributed by atoms with Crippen LogP contribution in [0.25, 0.3) is 0 Å². The lowest BCUT2D eigenvalue weighted by atomic mass is 9.98. The van der Waals surface area contributed by atoms with Gasteiger partial charge in [0, 0.05) is 6.54 Å². The largest absolute Gasteiger partial charge is 0.478 e. The molecular formula is C15H23N3O3. The topological polar surface area (TPSA) is 75.5 Å². The van der Waals surface area contributed by atoms with Gasteiger partial charge in [0.2, 0.25) is 0 Å². The molecule has 0 aromatic carbocycles. The maximum absolute atomic E-state index is 11.8. The van der Waals surface area contributed by atoms with Crippen LogP contribution in [0.15, 0.2) is 0 Å². The molecule has 6 nitrogen and oxygen atoms in total. The number of rotatable bonds is 4. The molecule has 1 aromatic heterocycles. The summed E-state index contributed by atoms with van der Waals surface area (Å²) in [6.07, 6.45) is 1.32. The van der Waals surface area contributed by atoms with Gasteiger partial charge in [-0.1, -0.05) is 13.8 Å². The molecule has 0 unspecified atom stereocenters. The highest BCUT2D eigenvalue weighted by Gasteiger charge is 2.35. The van der Waals surface area contributed by atoms with Gasteiger partial charge < -0.3 is 14.7 Å². The van der Waals surface area contributed by atoms with E-state index < -0.39 is 5.97 Å². The fourth-order valence-electron chi connectivity index (χ4n) is 2.83. The fourth-order valence-corrected chi connectivity index (χ4v) is 2.83. The average molecular weight is 293 g/mol. The normalized spacial score (nSPS) is 17.8. The predicted octanol–water partition coefficient (Wildman–Crippen LogP) is 1.91. The van der Waals surface area contributed by atoms with Crippen molar-refractivity contribution in [1.29, 1.82) is 0 Å². The summed E-state index contributed by atoms with van der Waals surface area (Å²) in [6.45, 7) is 9.71. The lowest BCUT2D eigenvalue weighted by Gasteiger charge is -2.43. The zero-order valence-corrected chi connectivity index (χ0v) is 13.1. The first-order chi connectivity index (χ1) is 9.92. The minimum absolute atomic E-state index is 0.291. The molecule has 0 bridgehead atoms. The maximum atomic E-state index is 11.8. The van der Waals surface area contributed by atoms with Gasteiger partial charge in [-0.3, -0.25) is 0 Å². The van der Waals surface area contributed by atoms with Crippen LogP contribution in [0.4, 0.5) is 5.82 Å². The van der Waals surface area contributed by atoms with Gasteiger partial charge in [-0.05, 0) is 32.3 Å². The minimum Gasteiger partial charge on any atom is -0.478 e. The fraction of sp³-hybridized carbons (Fsp3) is 0.667. The van der Waals surface area contributed by atoms with Gasteiger partial charge in [-0.25, -0.2) is 4.79 Å². The van der Waals surface area contributed by atoms with Crippen molar-refractivity contribution in [2.45, 2.75) is 46.1 Å². The average Bonchev–Trinajstić information content (AvgIpc) is 2.45. The van der Waals surface area contributed by atoms with E-state index in [1.807, 2.05) is 32.6 Å². The number of aryl methyl sites for hydroxylation is 1. The number of hydrogen-bond donors (Lipinski definition) is 1. The second-order valence-electron chi connectivity index (χ2n) is 5.85. The summed E-state index contributed by atoms with van der Waals surface area (Å²) >= 11 is 0. The molecule has 1 fully saturated rings. The number of aromatic nitrogens is 2. The van der Waals surface area contributed by atoms with Gasteiger partial charge in [0.05, 0.1) is 24.4 Å². The number of nitrogens with zero attached hydrogens (tertiary/aromatic N) is 3. The van der Waals surface area contributed by atoms with Crippen LogP contribution in [-0.4, -0.2) is 46.6 Å². The van der Waals surface area contributed by atoms with E-state index in [0.29, 0.717) is 44.0 Å². The zero-order chi connectivity index (χ0) is 15.6. The van der Waals surface area contributed by atoms with Crippen LogP contribution in [0.1, 0.15) is 49.3 Å². The molecule has 0 atom stereocenters. The Morgan fingerprint density at radius 2 is 2.05 bits per heavy atom. The SMILES string of the molecule is CCc1nnc(N2CCOCC2(C)C)c(C(=O)O)c1CC. The number of aromatic carboxylic acids is 1. The molecule has 2 heterocycles. The van der Waals surface area contributed by atoms with Crippen molar-refractivity contribution in [2.75, 3.05) is 24.7 Å². The van der Waals surface area contributed by atoms with Crippen molar-refractivity contribution in [2.24, 2.45) is 0 Å². The molecule has 0 saturated carbocycles. The van der Waals surface area contributed by atoms with Gasteiger partial charge >= 0.3 is 5.97 Å². The van der Waals surface area contributed by atoms with E-state index in [1.54, 1.807) is 0 Å². The molecule has 1 saturated heterocycles. The van der Waals surface area contributed by atoms with E-state index in [1.165, 1.54) is 0 Å². The highest BCUT2D eigenvalue weighted by Crippen LogP contribution is 2.30. The molecular weight excluding hydrogens is 270 g/mol. The summed E-state index contributed by atoms with van der Waals surface area (Å²) in [7, 11) is 0. The summed E-state index contributed by atoms with van der Waals surface area (Å²) < 4.78 is 5.50. The highest BCUT2D eigenvalue weighted by atomic mass is 16.5. The summed E-state index contributed by atoms with van der Waals surface area (Å²) in [5.41, 5.74) is 1.55. The third-order valence-corrected chi connectivity index (χ3v) is 3.94. The predicted molar refractivity (Wildman–Crippen MR) is 80.0 cm³/mol. The van der Waals surface area contributed by atoms with Crippen LogP contribution in [-0.2, 0) is 17.6 Å². The third-order valence-electron chi connectivity index (χ3n) is 3.94. The Kier molecular flexibility index (Phi) is 4.46. The number of morpholine rings is 1. The monoisotopic (exact) mass is 293 g/mol. The number of carboxylic acids is 1. The van der Waals surface area contributed by atoms with Gasteiger partial charge in [-0.2, -0.15) is 5.10 Å². The van der Waals surface area contributed by atoms with Gasteiger partial charge in [-0.15, -0.1) is 5.10 Å². The molecule has 0 amide bonds. The Morgan fingerprint density at radius 1 is 1.33 bits per heavy atom. The van der Waals surface area contributed by atoms with Crippen LogP contribution in [0.2, 0.25) is 0 Å². The van der Waals surface area contributed by atoms with E-state index in [4.69, 9.17) is 4.74 Å². The van der Waals surface area contributed by atoms with Gasteiger partial charge in [0.25, 0.3) is 0 Å². The first kappa shape index (κ1) is 15.7. The number of ether oxygens (including phenoxy) is 1. The summed E-state index contributed by atoms with van der Waals surface area (Å²) in [5.74, 6) is -0.474. The Balaban J connectivity index is 2.60. The molecule has 0 spiro atoms. The van der Waals surface area contributed by atoms with E-state index in [0.717, 1.165) is 11.3 Å². The van der Waals surface area contributed by atoms with Crippen molar-refractivity contribution >= 4 is 11.8 Å². The molecule has 1 aromatic rings. The Hall–Kier alpha value is -1.69. The quantitative estimate of drug-likeness (QED) is 0.914. The molecule has 0 radical (unpaired) electrons. The number of carboxylic acid groups (broad SMARTS) is 1. The Labute approximate surface area is 125 Å². The number of carbonyl (C=O) groups is 1. The maximum Gasteiger partial charge on any atom is 0.339 e. The molecule has 6 heteroatoms. The Bertz CT molecular complexity index is 543. The van der Waals surface area contributed by atoms with Crippen LogP contribution in [0, 0.1) is 0 Å². The van der Waals surface area contributed by atoms with Crippen molar-refractivity contribution < 1.29 is 14.6 Å². The van der Waals surface area contributed by atoms with Crippen molar-refractivity contribution in [1.82, 2.24) is 10.2 Å². The smallest absolute Gasteiger partial charge is 0.339 e. The molecule has 1 aliphatic rings. The van der Waals surface area contributed by atoms with Crippen molar-refractivity contribution in [3.63, 3.8) is 0 Å². The molecule has 1 N–H and O–H groups in total. The Morgan fingerprint density at radius 3 is 2.57 bits per heavy atom. The lowest BCUT2D eigenvalue weighted by molar-refractivity contribution is 0.0622. The van der Waals surface area contributed by atoms with E-state index in [2.05, 4.69) is 10.2 Å². The van der Waals surface area contributed by atoms with Gasteiger partial charge in [0.1, 0.15) is 5.56 Å². The summed E-state index contributed by atoms with van der Waals surface area (Å²) in [6, 6.07) is 0. The molecule has 116 valence electrons. The van der Waals surface area contributed by atoms with Crippen LogP contribution in [0.5, 0.6) is 0 Å². The van der Waals surface area contributed by atoms with Gasteiger partial charge in [0.15, 0.2) is 5.82 Å². The van der Waals surface area contributed by atoms with E-state index >= 15 is 0 Å². The minimum atomic E-state index is -0.936. The van der Waals surface area contributed by atoms with Crippen molar-refractivity contribution in [3.8, 4) is 0 Å². The standard InChI is InChI=1S/C15H23N3O3/c1-5-10-11(6-2)16-17-13(12(10)14(19)20)18-7-8-21-9-15(18,3)4/h5-9H2,1-4H3,(H,19,20). The molecule has 21 heavy (non-hydrogen) atoms. The zero-order valence-electron chi connectivity index (χ0n) is 13.1. The van der Waals surface area contributed by atoms with E-state index in [-0.39, 0.29) is 5.54 Å². The number of anilines is 1. The van der Waals surface area contributed by atoms with E-state index in [9.17, 15) is 9.90 Å². The molecule has 0 aliphatic carbocycles. The highest BCUT2D eigenvalue weighted by molar-refractivity contribution is 5.95. The molecule has 1 aliphatic heterocycles. The first-order valence-corrected chi connectivity index (χ1v) is 7.39. The second-order valence-corrected chi connectivity index (χ2v) is 5.85. The van der Waals surface area contributed by atoms with Crippen LogP contribution in [0.3, 0.4) is 0 Å². The summed E-state index contributed by atoms with van der Waals surface area (Å²) in [4.78, 5) is 13.8. The second kappa shape index (κ2) is 5.97. The van der Waals surface area contributed by atoms with Crippen LogP contribution >= 0.6 is 0 Å². The van der Waals surface area contributed by atoms with Crippen molar-refractivity contribution in [3.05, 3.63) is 16.8 Å².